The second-order valence-electron chi connectivity index (χ2n) is 5.65. The highest BCUT2D eigenvalue weighted by atomic mass is 19.1. The molecule has 23 heavy (non-hydrogen) atoms. The summed E-state index contributed by atoms with van der Waals surface area (Å²) in [6.07, 6.45) is 5.67. The van der Waals surface area contributed by atoms with Crippen LogP contribution in [0.4, 0.5) is 4.39 Å². The molecule has 112 valence electrons. The fourth-order valence-corrected chi connectivity index (χ4v) is 2.92. The van der Waals surface area contributed by atoms with Crippen molar-refractivity contribution in [2.75, 3.05) is 0 Å². The Balaban J connectivity index is 2.01. The van der Waals surface area contributed by atoms with E-state index in [1.807, 2.05) is 24.3 Å². The standard InChI is InChI=1S/C20H15FN2/c1-14-2-7-20-18(12-14)19(15-3-5-16(21)6-4-15)13-23(20)17-8-10-22-11-9-17/h2-13H,1H3. The maximum atomic E-state index is 13.2. The lowest BCUT2D eigenvalue weighted by Crippen LogP contribution is -1.91. The molecule has 0 aliphatic carbocycles. The van der Waals surface area contributed by atoms with Gasteiger partial charge in [0.15, 0.2) is 0 Å². The highest BCUT2D eigenvalue weighted by Crippen LogP contribution is 2.33. The topological polar surface area (TPSA) is 17.8 Å². The average Bonchev–Trinajstić information content (AvgIpc) is 2.95. The lowest BCUT2D eigenvalue weighted by atomic mass is 10.0. The molecule has 2 heterocycles. The Morgan fingerprint density at radius 3 is 2.39 bits per heavy atom. The van der Waals surface area contributed by atoms with Crippen molar-refractivity contribution in [2.24, 2.45) is 0 Å². The minimum absolute atomic E-state index is 0.220. The molecule has 0 saturated carbocycles. The number of nitrogens with zero attached hydrogens (tertiary/aromatic N) is 2. The number of fused-ring (bicyclic) bond motifs is 1. The van der Waals surface area contributed by atoms with E-state index in [0.29, 0.717) is 0 Å². The predicted octanol–water partition coefficient (Wildman–Crippen LogP) is 5.14. The van der Waals surface area contributed by atoms with Crippen molar-refractivity contribution in [1.82, 2.24) is 9.55 Å². The quantitative estimate of drug-likeness (QED) is 0.501. The second-order valence-corrected chi connectivity index (χ2v) is 5.65. The van der Waals surface area contributed by atoms with Gasteiger partial charge in [0.2, 0.25) is 0 Å². The maximum absolute atomic E-state index is 13.2. The Morgan fingerprint density at radius 2 is 1.65 bits per heavy atom. The lowest BCUT2D eigenvalue weighted by Gasteiger charge is -2.04. The Morgan fingerprint density at radius 1 is 0.913 bits per heavy atom. The van der Waals surface area contributed by atoms with Crippen molar-refractivity contribution in [1.29, 1.82) is 0 Å². The number of hydrogen-bond donors (Lipinski definition) is 0. The molecule has 0 amide bonds. The van der Waals surface area contributed by atoms with E-state index in [0.717, 1.165) is 27.7 Å². The van der Waals surface area contributed by atoms with Crippen molar-refractivity contribution in [3.63, 3.8) is 0 Å². The summed E-state index contributed by atoms with van der Waals surface area (Å²) in [6.45, 7) is 2.08. The van der Waals surface area contributed by atoms with E-state index >= 15 is 0 Å². The summed E-state index contributed by atoms with van der Waals surface area (Å²) >= 11 is 0. The number of rotatable bonds is 2. The van der Waals surface area contributed by atoms with Gasteiger partial charge in [-0.1, -0.05) is 23.8 Å². The third-order valence-corrected chi connectivity index (χ3v) is 4.06. The first-order chi connectivity index (χ1) is 11.2. The summed E-state index contributed by atoms with van der Waals surface area (Å²) in [4.78, 5) is 4.08. The van der Waals surface area contributed by atoms with Crippen LogP contribution in [-0.2, 0) is 0 Å². The number of aryl methyl sites for hydroxylation is 1. The monoisotopic (exact) mass is 302 g/mol. The van der Waals surface area contributed by atoms with Crippen LogP contribution < -0.4 is 0 Å². The fourth-order valence-electron chi connectivity index (χ4n) is 2.92. The van der Waals surface area contributed by atoms with Gasteiger partial charge in [-0.15, -0.1) is 0 Å². The van der Waals surface area contributed by atoms with Crippen LogP contribution in [0.1, 0.15) is 5.56 Å². The molecule has 3 heteroatoms. The Labute approximate surface area is 133 Å². The van der Waals surface area contributed by atoms with Gasteiger partial charge in [-0.05, 0) is 48.9 Å². The van der Waals surface area contributed by atoms with Gasteiger partial charge in [0.05, 0.1) is 5.52 Å². The molecule has 2 aromatic carbocycles. The summed E-state index contributed by atoms with van der Waals surface area (Å²) in [5, 5.41) is 1.16. The van der Waals surface area contributed by atoms with Crippen LogP contribution in [-0.4, -0.2) is 9.55 Å². The number of aromatic nitrogens is 2. The molecule has 0 saturated heterocycles. The molecule has 4 rings (SSSR count). The van der Waals surface area contributed by atoms with Gasteiger partial charge in [-0.2, -0.15) is 0 Å². The Kier molecular flexibility index (Phi) is 3.19. The van der Waals surface area contributed by atoms with E-state index in [-0.39, 0.29) is 5.82 Å². The maximum Gasteiger partial charge on any atom is 0.123 e. The van der Waals surface area contributed by atoms with E-state index in [1.165, 1.54) is 17.7 Å². The Hall–Kier alpha value is -2.94. The van der Waals surface area contributed by atoms with Crippen LogP contribution in [0.3, 0.4) is 0 Å². The first-order valence-corrected chi connectivity index (χ1v) is 7.50. The summed E-state index contributed by atoms with van der Waals surface area (Å²) in [6, 6.07) is 17.0. The average molecular weight is 302 g/mol. The van der Waals surface area contributed by atoms with Gasteiger partial charge in [0, 0.05) is 35.2 Å². The first kappa shape index (κ1) is 13.7. The SMILES string of the molecule is Cc1ccc2c(c1)c(-c1ccc(F)cc1)cn2-c1ccncc1. The summed E-state index contributed by atoms with van der Waals surface area (Å²) in [7, 11) is 0. The highest BCUT2D eigenvalue weighted by molar-refractivity contribution is 5.97. The third-order valence-electron chi connectivity index (χ3n) is 4.06. The predicted molar refractivity (Wildman–Crippen MR) is 91.2 cm³/mol. The molecular weight excluding hydrogens is 287 g/mol. The van der Waals surface area contributed by atoms with E-state index in [1.54, 1.807) is 12.4 Å². The molecule has 0 unspecified atom stereocenters. The van der Waals surface area contributed by atoms with E-state index < -0.39 is 0 Å². The zero-order valence-electron chi connectivity index (χ0n) is 12.7. The van der Waals surface area contributed by atoms with E-state index in [9.17, 15) is 4.39 Å². The first-order valence-electron chi connectivity index (χ1n) is 7.50. The smallest absolute Gasteiger partial charge is 0.123 e. The van der Waals surface area contributed by atoms with Gasteiger partial charge < -0.3 is 4.57 Å². The molecule has 4 aromatic rings. The second kappa shape index (κ2) is 5.36. The minimum atomic E-state index is -0.220. The van der Waals surface area contributed by atoms with Gasteiger partial charge in [0.25, 0.3) is 0 Å². The van der Waals surface area contributed by atoms with Crippen LogP contribution in [0.2, 0.25) is 0 Å². The number of benzene rings is 2. The molecule has 0 N–H and O–H groups in total. The molecular formula is C20H15FN2. The van der Waals surface area contributed by atoms with Crippen molar-refractivity contribution >= 4 is 10.9 Å². The molecule has 2 nitrogen and oxygen atoms in total. The molecule has 0 aliphatic heterocycles. The van der Waals surface area contributed by atoms with E-state index in [4.69, 9.17) is 0 Å². The van der Waals surface area contributed by atoms with Gasteiger partial charge in [-0.25, -0.2) is 4.39 Å². The van der Waals surface area contributed by atoms with Gasteiger partial charge in [0.1, 0.15) is 5.82 Å². The van der Waals surface area contributed by atoms with Crippen LogP contribution in [0.15, 0.2) is 73.2 Å². The fraction of sp³-hybridized carbons (Fsp3) is 0.0500. The Bertz CT molecular complexity index is 970. The summed E-state index contributed by atoms with van der Waals surface area (Å²) in [5.41, 5.74) is 5.49. The lowest BCUT2D eigenvalue weighted by molar-refractivity contribution is 0.628. The molecule has 0 radical (unpaired) electrons. The van der Waals surface area contributed by atoms with Crippen LogP contribution >= 0.6 is 0 Å². The number of pyridine rings is 1. The van der Waals surface area contributed by atoms with Crippen LogP contribution in [0, 0.1) is 12.7 Å². The third kappa shape index (κ3) is 2.40. The van der Waals surface area contributed by atoms with E-state index in [2.05, 4.69) is 40.9 Å². The highest BCUT2D eigenvalue weighted by Gasteiger charge is 2.11. The molecule has 0 aliphatic rings. The normalized spacial score (nSPS) is 11.0. The zero-order valence-corrected chi connectivity index (χ0v) is 12.7. The summed E-state index contributed by atoms with van der Waals surface area (Å²) < 4.78 is 15.4. The number of hydrogen-bond acceptors (Lipinski definition) is 1. The molecule has 2 aromatic heterocycles. The minimum Gasteiger partial charge on any atom is -0.316 e. The van der Waals surface area contributed by atoms with Crippen molar-refractivity contribution in [2.45, 2.75) is 6.92 Å². The van der Waals surface area contributed by atoms with Gasteiger partial charge >= 0.3 is 0 Å². The molecule has 0 bridgehead atoms. The van der Waals surface area contributed by atoms with Gasteiger partial charge in [-0.3, -0.25) is 4.98 Å². The largest absolute Gasteiger partial charge is 0.316 e. The van der Waals surface area contributed by atoms with Crippen LogP contribution in [0.25, 0.3) is 27.7 Å². The molecule has 0 spiro atoms. The van der Waals surface area contributed by atoms with Crippen molar-refractivity contribution in [3.8, 4) is 16.8 Å². The van der Waals surface area contributed by atoms with Crippen molar-refractivity contribution in [3.05, 3.63) is 84.6 Å². The molecule has 0 fully saturated rings. The zero-order chi connectivity index (χ0) is 15.8. The van der Waals surface area contributed by atoms with Crippen LogP contribution in [0.5, 0.6) is 0 Å². The number of halogens is 1. The molecule has 0 atom stereocenters. The summed E-state index contributed by atoms with van der Waals surface area (Å²) in [5.74, 6) is -0.220. The van der Waals surface area contributed by atoms with Crippen molar-refractivity contribution < 1.29 is 4.39 Å².